The van der Waals surface area contributed by atoms with Gasteiger partial charge in [0.2, 0.25) is 0 Å². The quantitative estimate of drug-likeness (QED) is 0.940. The van der Waals surface area contributed by atoms with E-state index in [1.807, 2.05) is 18.2 Å². The Kier molecular flexibility index (Phi) is 3.81. The summed E-state index contributed by atoms with van der Waals surface area (Å²) in [5.41, 5.74) is 0.353. The molecule has 1 saturated heterocycles. The number of anilines is 1. The van der Waals surface area contributed by atoms with Crippen LogP contribution in [0.4, 0.5) is 10.2 Å². The first-order chi connectivity index (χ1) is 10.2. The number of aromatic nitrogens is 1. The molecule has 1 N–H and O–H groups in total. The third-order valence-corrected chi connectivity index (χ3v) is 3.58. The van der Waals surface area contributed by atoms with Crippen LogP contribution >= 0.6 is 0 Å². The van der Waals surface area contributed by atoms with E-state index in [4.69, 9.17) is 0 Å². The lowest BCUT2D eigenvalue weighted by molar-refractivity contribution is 0.0940. The predicted octanol–water partition coefficient (Wildman–Crippen LogP) is 2.23. The first-order valence-electron chi connectivity index (χ1n) is 6.95. The van der Waals surface area contributed by atoms with Gasteiger partial charge in [-0.25, -0.2) is 9.37 Å². The van der Waals surface area contributed by atoms with Gasteiger partial charge < -0.3 is 10.2 Å². The third kappa shape index (κ3) is 3.18. The molecule has 2 aromatic rings. The minimum atomic E-state index is -0.399. The van der Waals surface area contributed by atoms with Gasteiger partial charge in [0.1, 0.15) is 11.6 Å². The van der Waals surface area contributed by atoms with E-state index in [0.29, 0.717) is 5.56 Å². The molecule has 1 aliphatic rings. The summed E-state index contributed by atoms with van der Waals surface area (Å²) < 4.78 is 13.1. The van der Waals surface area contributed by atoms with Crippen molar-refractivity contribution in [1.29, 1.82) is 0 Å². The third-order valence-electron chi connectivity index (χ3n) is 3.58. The molecule has 1 aromatic heterocycles. The number of pyridine rings is 1. The van der Waals surface area contributed by atoms with E-state index in [9.17, 15) is 9.18 Å². The Morgan fingerprint density at radius 3 is 2.95 bits per heavy atom. The first kappa shape index (κ1) is 13.5. The van der Waals surface area contributed by atoms with Crippen molar-refractivity contribution in [2.45, 2.75) is 12.5 Å². The van der Waals surface area contributed by atoms with Crippen molar-refractivity contribution >= 4 is 11.7 Å². The Labute approximate surface area is 122 Å². The molecule has 21 heavy (non-hydrogen) atoms. The van der Waals surface area contributed by atoms with E-state index in [0.717, 1.165) is 25.3 Å². The summed E-state index contributed by atoms with van der Waals surface area (Å²) in [4.78, 5) is 18.5. The molecule has 1 fully saturated rings. The number of carbonyl (C=O) groups excluding carboxylic acids is 1. The fourth-order valence-electron chi connectivity index (χ4n) is 2.53. The number of hydrogen-bond acceptors (Lipinski definition) is 3. The van der Waals surface area contributed by atoms with Crippen LogP contribution in [0.2, 0.25) is 0 Å². The van der Waals surface area contributed by atoms with Crippen molar-refractivity contribution < 1.29 is 9.18 Å². The van der Waals surface area contributed by atoms with Crippen molar-refractivity contribution in [2.24, 2.45) is 0 Å². The zero-order valence-electron chi connectivity index (χ0n) is 11.5. The Balaban J connectivity index is 1.61. The van der Waals surface area contributed by atoms with Crippen LogP contribution in [-0.4, -0.2) is 30.0 Å². The molecule has 0 radical (unpaired) electrons. The number of carbonyl (C=O) groups is 1. The van der Waals surface area contributed by atoms with Gasteiger partial charge in [-0.1, -0.05) is 12.1 Å². The summed E-state index contributed by atoms with van der Waals surface area (Å²) in [7, 11) is 0. The fourth-order valence-corrected chi connectivity index (χ4v) is 2.53. The highest BCUT2D eigenvalue weighted by Crippen LogP contribution is 2.17. The molecule has 0 bridgehead atoms. The molecule has 0 unspecified atom stereocenters. The topological polar surface area (TPSA) is 45.2 Å². The van der Waals surface area contributed by atoms with Crippen LogP contribution in [0.1, 0.15) is 16.8 Å². The van der Waals surface area contributed by atoms with E-state index in [2.05, 4.69) is 15.2 Å². The molecule has 0 aliphatic carbocycles. The second-order valence-electron chi connectivity index (χ2n) is 5.10. The lowest BCUT2D eigenvalue weighted by atomic mass is 10.2. The second-order valence-corrected chi connectivity index (χ2v) is 5.10. The first-order valence-corrected chi connectivity index (χ1v) is 6.95. The van der Waals surface area contributed by atoms with Crippen LogP contribution in [0, 0.1) is 5.82 Å². The van der Waals surface area contributed by atoms with Crippen molar-refractivity contribution in [3.63, 3.8) is 0 Å². The molecule has 0 saturated carbocycles. The molecule has 1 amide bonds. The standard InChI is InChI=1S/C16H16FN3O/c17-13-5-3-4-12(10-13)16(21)19-14-7-9-20(11-14)15-6-1-2-8-18-15/h1-6,8,10,14H,7,9,11H2,(H,19,21)/t14-/m0/s1. The monoisotopic (exact) mass is 285 g/mol. The van der Waals surface area contributed by atoms with E-state index >= 15 is 0 Å². The average molecular weight is 285 g/mol. The lowest BCUT2D eigenvalue weighted by Gasteiger charge is -2.17. The van der Waals surface area contributed by atoms with E-state index in [1.165, 1.54) is 12.1 Å². The summed E-state index contributed by atoms with van der Waals surface area (Å²) in [6.07, 6.45) is 2.62. The van der Waals surface area contributed by atoms with Gasteiger partial charge in [0.25, 0.3) is 5.91 Å². The fraction of sp³-hybridized carbons (Fsp3) is 0.250. The van der Waals surface area contributed by atoms with Gasteiger partial charge in [-0.05, 0) is 36.8 Å². The van der Waals surface area contributed by atoms with Gasteiger partial charge in [-0.3, -0.25) is 4.79 Å². The summed E-state index contributed by atoms with van der Waals surface area (Å²) >= 11 is 0. The van der Waals surface area contributed by atoms with Gasteiger partial charge in [0, 0.05) is 30.9 Å². The number of hydrogen-bond donors (Lipinski definition) is 1. The number of rotatable bonds is 3. The number of amides is 1. The Morgan fingerprint density at radius 2 is 2.19 bits per heavy atom. The summed E-state index contributed by atoms with van der Waals surface area (Å²) in [5.74, 6) is 0.284. The Bertz CT molecular complexity index is 632. The maximum Gasteiger partial charge on any atom is 0.251 e. The predicted molar refractivity (Wildman–Crippen MR) is 78.7 cm³/mol. The molecule has 108 valence electrons. The lowest BCUT2D eigenvalue weighted by Crippen LogP contribution is -2.37. The van der Waals surface area contributed by atoms with Crippen molar-refractivity contribution in [2.75, 3.05) is 18.0 Å². The van der Waals surface area contributed by atoms with E-state index in [1.54, 1.807) is 18.3 Å². The SMILES string of the molecule is O=C(N[C@H]1CCN(c2ccccn2)C1)c1cccc(F)c1. The van der Waals surface area contributed by atoms with Gasteiger partial charge in [-0.2, -0.15) is 0 Å². The van der Waals surface area contributed by atoms with Crippen LogP contribution in [-0.2, 0) is 0 Å². The summed E-state index contributed by atoms with van der Waals surface area (Å²) in [5, 5.41) is 2.95. The van der Waals surface area contributed by atoms with E-state index in [-0.39, 0.29) is 11.9 Å². The highest BCUT2D eigenvalue weighted by molar-refractivity contribution is 5.94. The largest absolute Gasteiger partial charge is 0.354 e. The molecule has 5 heteroatoms. The van der Waals surface area contributed by atoms with Crippen LogP contribution in [0.5, 0.6) is 0 Å². The van der Waals surface area contributed by atoms with Crippen molar-refractivity contribution in [3.05, 3.63) is 60.0 Å². The van der Waals surface area contributed by atoms with Gasteiger partial charge in [-0.15, -0.1) is 0 Å². The summed E-state index contributed by atoms with van der Waals surface area (Å²) in [6, 6.07) is 11.6. The molecule has 1 atom stereocenters. The van der Waals surface area contributed by atoms with E-state index < -0.39 is 5.82 Å². The molecule has 3 rings (SSSR count). The smallest absolute Gasteiger partial charge is 0.251 e. The molecule has 1 aromatic carbocycles. The van der Waals surface area contributed by atoms with Gasteiger partial charge in [0.15, 0.2) is 0 Å². The molecule has 2 heterocycles. The second kappa shape index (κ2) is 5.91. The zero-order chi connectivity index (χ0) is 14.7. The Hall–Kier alpha value is -2.43. The summed E-state index contributed by atoms with van der Waals surface area (Å²) in [6.45, 7) is 1.57. The van der Waals surface area contributed by atoms with Crippen LogP contribution in [0.3, 0.4) is 0 Å². The average Bonchev–Trinajstić information content (AvgIpc) is 2.97. The van der Waals surface area contributed by atoms with Crippen molar-refractivity contribution in [1.82, 2.24) is 10.3 Å². The highest BCUT2D eigenvalue weighted by atomic mass is 19.1. The van der Waals surface area contributed by atoms with Gasteiger partial charge in [0.05, 0.1) is 0 Å². The molecule has 0 spiro atoms. The zero-order valence-corrected chi connectivity index (χ0v) is 11.5. The number of benzene rings is 1. The number of halogens is 1. The van der Waals surface area contributed by atoms with Crippen molar-refractivity contribution in [3.8, 4) is 0 Å². The molecule has 4 nitrogen and oxygen atoms in total. The maximum absolute atomic E-state index is 13.1. The number of nitrogens with one attached hydrogen (secondary N) is 1. The molecule has 1 aliphatic heterocycles. The van der Waals surface area contributed by atoms with Crippen LogP contribution in [0.25, 0.3) is 0 Å². The Morgan fingerprint density at radius 1 is 1.29 bits per heavy atom. The highest BCUT2D eigenvalue weighted by Gasteiger charge is 2.25. The minimum Gasteiger partial charge on any atom is -0.354 e. The molecular weight excluding hydrogens is 269 g/mol. The van der Waals surface area contributed by atoms with Crippen LogP contribution < -0.4 is 10.2 Å². The van der Waals surface area contributed by atoms with Crippen LogP contribution in [0.15, 0.2) is 48.7 Å². The number of nitrogens with zero attached hydrogens (tertiary/aromatic N) is 2. The van der Waals surface area contributed by atoms with Gasteiger partial charge >= 0.3 is 0 Å². The maximum atomic E-state index is 13.1. The molecular formula is C16H16FN3O. The minimum absolute atomic E-state index is 0.0581. The normalized spacial score (nSPS) is 17.8.